The Morgan fingerprint density at radius 3 is 2.48 bits per heavy atom. The molecule has 0 aliphatic carbocycles. The van der Waals surface area contributed by atoms with Crippen molar-refractivity contribution in [3.8, 4) is 0 Å². The number of furan rings is 1. The summed E-state index contributed by atoms with van der Waals surface area (Å²) in [6, 6.07) is 13.1. The number of hydrogen-bond donors (Lipinski definition) is 2. The van der Waals surface area contributed by atoms with E-state index in [-0.39, 0.29) is 18.0 Å². The number of carbonyl (C=O) groups excluding carboxylic acids is 3. The van der Waals surface area contributed by atoms with Crippen LogP contribution < -0.4 is 5.32 Å². The third-order valence-electron chi connectivity index (χ3n) is 4.41. The summed E-state index contributed by atoms with van der Waals surface area (Å²) in [6.07, 6.45) is 1.60. The van der Waals surface area contributed by atoms with Gasteiger partial charge in [0.25, 0.3) is 5.91 Å². The second-order valence-corrected chi connectivity index (χ2v) is 6.71. The average molecular weight is 394 g/mol. The van der Waals surface area contributed by atoms with Crippen LogP contribution in [0.25, 0.3) is 0 Å². The quantitative estimate of drug-likeness (QED) is 0.452. The molecule has 0 fully saturated rings. The number of aromatic amines is 1. The van der Waals surface area contributed by atoms with Gasteiger partial charge in [-0.25, -0.2) is 4.79 Å². The van der Waals surface area contributed by atoms with Crippen molar-refractivity contribution >= 4 is 17.7 Å². The van der Waals surface area contributed by atoms with E-state index in [2.05, 4.69) is 10.3 Å². The number of ether oxygens (including phenoxy) is 1. The summed E-state index contributed by atoms with van der Waals surface area (Å²) in [4.78, 5) is 40.4. The molecule has 2 aromatic heterocycles. The number of ketones is 1. The molecule has 1 amide bonds. The minimum absolute atomic E-state index is 0.0883. The van der Waals surface area contributed by atoms with Crippen LogP contribution in [-0.4, -0.2) is 35.3 Å². The number of amides is 1. The molecular weight excluding hydrogens is 372 g/mol. The van der Waals surface area contributed by atoms with Crippen molar-refractivity contribution in [3.05, 3.63) is 83.1 Å². The van der Waals surface area contributed by atoms with Gasteiger partial charge in [0.15, 0.2) is 12.4 Å². The molecule has 0 spiro atoms. The van der Waals surface area contributed by atoms with Gasteiger partial charge in [-0.3, -0.25) is 9.59 Å². The number of Topliss-reactive ketones (excluding diaryl/α,β-unsaturated/α-hetero) is 1. The van der Waals surface area contributed by atoms with Gasteiger partial charge in [-0.05, 0) is 37.6 Å². The summed E-state index contributed by atoms with van der Waals surface area (Å²) in [5.74, 6) is -1.44. The van der Waals surface area contributed by atoms with Crippen LogP contribution in [0.1, 0.15) is 37.9 Å². The molecule has 0 aliphatic heterocycles. The van der Waals surface area contributed by atoms with Crippen LogP contribution in [0.3, 0.4) is 0 Å². The molecule has 0 radical (unpaired) electrons. The normalized spacial score (nSPS) is 11.7. The highest BCUT2D eigenvalue weighted by molar-refractivity contribution is 6.00. The molecular formula is C22H22N2O5. The van der Waals surface area contributed by atoms with Gasteiger partial charge in [0.1, 0.15) is 6.04 Å². The zero-order valence-electron chi connectivity index (χ0n) is 16.2. The van der Waals surface area contributed by atoms with E-state index < -0.39 is 24.5 Å². The number of esters is 1. The zero-order valence-corrected chi connectivity index (χ0v) is 16.2. The molecule has 0 unspecified atom stereocenters. The standard InChI is InChI=1S/C22H22N2O5/c1-14-11-17(15(2)23-14)19(25)13-29-22(27)18(12-16-7-4-3-5-8-16)24-21(26)20-9-6-10-28-20/h3-11,18,23H,12-13H2,1-2H3,(H,24,26)/t18-/m1/s1. The maximum Gasteiger partial charge on any atom is 0.329 e. The number of aromatic nitrogens is 1. The van der Waals surface area contributed by atoms with Gasteiger partial charge in [-0.1, -0.05) is 30.3 Å². The largest absolute Gasteiger partial charge is 0.459 e. The minimum Gasteiger partial charge on any atom is -0.459 e. The van der Waals surface area contributed by atoms with Crippen LogP contribution in [0.4, 0.5) is 0 Å². The van der Waals surface area contributed by atoms with Gasteiger partial charge in [-0.15, -0.1) is 0 Å². The van der Waals surface area contributed by atoms with Gasteiger partial charge < -0.3 is 19.5 Å². The van der Waals surface area contributed by atoms with Gasteiger partial charge in [0.2, 0.25) is 5.78 Å². The Morgan fingerprint density at radius 1 is 1.10 bits per heavy atom. The molecule has 3 aromatic rings. The lowest BCUT2D eigenvalue weighted by molar-refractivity contribution is -0.144. The number of H-pyrrole nitrogens is 1. The van der Waals surface area contributed by atoms with E-state index in [0.717, 1.165) is 17.0 Å². The predicted octanol–water partition coefficient (Wildman–Crippen LogP) is 2.99. The van der Waals surface area contributed by atoms with Gasteiger partial charge in [0.05, 0.1) is 6.26 Å². The van der Waals surface area contributed by atoms with Crippen LogP contribution in [0.15, 0.2) is 59.2 Å². The first-order chi connectivity index (χ1) is 13.9. The van der Waals surface area contributed by atoms with Crippen molar-refractivity contribution in [2.75, 3.05) is 6.61 Å². The summed E-state index contributed by atoms with van der Waals surface area (Å²) in [6.45, 7) is 3.22. The second kappa shape index (κ2) is 9.05. The molecule has 2 heterocycles. The van der Waals surface area contributed by atoms with E-state index in [1.807, 2.05) is 37.3 Å². The van der Waals surface area contributed by atoms with Crippen molar-refractivity contribution in [1.29, 1.82) is 0 Å². The maximum absolute atomic E-state index is 12.7. The third-order valence-corrected chi connectivity index (χ3v) is 4.41. The smallest absolute Gasteiger partial charge is 0.329 e. The molecule has 0 saturated heterocycles. The number of nitrogens with one attached hydrogen (secondary N) is 2. The highest BCUT2D eigenvalue weighted by Gasteiger charge is 2.25. The summed E-state index contributed by atoms with van der Waals surface area (Å²) in [5.41, 5.74) is 2.90. The molecule has 0 aliphatic rings. The molecule has 2 N–H and O–H groups in total. The molecule has 3 rings (SSSR count). The zero-order chi connectivity index (χ0) is 20.8. The highest BCUT2D eigenvalue weighted by Crippen LogP contribution is 2.11. The van der Waals surface area contributed by atoms with Crippen molar-refractivity contribution < 1.29 is 23.5 Å². The Kier molecular flexibility index (Phi) is 6.29. The van der Waals surface area contributed by atoms with Gasteiger partial charge in [-0.2, -0.15) is 0 Å². The Balaban J connectivity index is 1.68. The highest BCUT2D eigenvalue weighted by atomic mass is 16.5. The lowest BCUT2D eigenvalue weighted by Crippen LogP contribution is -2.43. The van der Waals surface area contributed by atoms with Crippen molar-refractivity contribution in [2.45, 2.75) is 26.3 Å². The van der Waals surface area contributed by atoms with Gasteiger partial charge in [0, 0.05) is 23.4 Å². The first kappa shape index (κ1) is 20.1. The number of benzene rings is 1. The van der Waals surface area contributed by atoms with Crippen molar-refractivity contribution in [1.82, 2.24) is 10.3 Å². The summed E-state index contributed by atoms with van der Waals surface area (Å²) >= 11 is 0. The van der Waals surface area contributed by atoms with E-state index in [9.17, 15) is 14.4 Å². The van der Waals surface area contributed by atoms with Gasteiger partial charge >= 0.3 is 5.97 Å². The molecule has 150 valence electrons. The molecule has 0 saturated carbocycles. The van der Waals surface area contributed by atoms with Crippen molar-refractivity contribution in [3.63, 3.8) is 0 Å². The first-order valence-electron chi connectivity index (χ1n) is 9.18. The average Bonchev–Trinajstić information content (AvgIpc) is 3.35. The lowest BCUT2D eigenvalue weighted by atomic mass is 10.1. The third kappa shape index (κ3) is 5.22. The van der Waals surface area contributed by atoms with E-state index in [0.29, 0.717) is 5.56 Å². The Morgan fingerprint density at radius 2 is 1.86 bits per heavy atom. The Bertz CT molecular complexity index is 990. The van der Waals surface area contributed by atoms with E-state index in [1.165, 1.54) is 12.3 Å². The fourth-order valence-corrected chi connectivity index (χ4v) is 3.01. The van der Waals surface area contributed by atoms with E-state index >= 15 is 0 Å². The van der Waals surface area contributed by atoms with Crippen LogP contribution in [0.5, 0.6) is 0 Å². The molecule has 29 heavy (non-hydrogen) atoms. The number of rotatable bonds is 8. The summed E-state index contributed by atoms with van der Waals surface area (Å²) in [7, 11) is 0. The van der Waals surface area contributed by atoms with Crippen LogP contribution >= 0.6 is 0 Å². The predicted molar refractivity (Wildman–Crippen MR) is 106 cm³/mol. The summed E-state index contributed by atoms with van der Waals surface area (Å²) < 4.78 is 10.3. The molecule has 7 heteroatoms. The van der Waals surface area contributed by atoms with E-state index in [4.69, 9.17) is 9.15 Å². The van der Waals surface area contributed by atoms with Crippen LogP contribution in [0, 0.1) is 13.8 Å². The number of carbonyl (C=O) groups is 3. The monoisotopic (exact) mass is 394 g/mol. The SMILES string of the molecule is Cc1cc(C(=O)COC(=O)[C@@H](Cc2ccccc2)NC(=O)c2ccco2)c(C)[nH]1. The maximum atomic E-state index is 12.7. The van der Waals surface area contributed by atoms with Crippen LogP contribution in [0.2, 0.25) is 0 Å². The lowest BCUT2D eigenvalue weighted by Gasteiger charge is -2.17. The number of aryl methyl sites for hydroxylation is 2. The topological polar surface area (TPSA) is 101 Å². The fraction of sp³-hybridized carbons (Fsp3) is 0.227. The molecule has 0 bridgehead atoms. The Hall–Kier alpha value is -3.61. The number of hydrogen-bond acceptors (Lipinski definition) is 5. The molecule has 1 aromatic carbocycles. The first-order valence-corrected chi connectivity index (χ1v) is 9.18. The summed E-state index contributed by atoms with van der Waals surface area (Å²) in [5, 5.41) is 2.62. The van der Waals surface area contributed by atoms with Crippen LogP contribution in [-0.2, 0) is 16.0 Å². The molecule has 1 atom stereocenters. The fourth-order valence-electron chi connectivity index (χ4n) is 3.01. The minimum atomic E-state index is -0.961. The molecule has 7 nitrogen and oxygen atoms in total. The van der Waals surface area contributed by atoms with Crippen molar-refractivity contribution in [2.24, 2.45) is 0 Å². The Labute approximate surface area is 168 Å². The second-order valence-electron chi connectivity index (χ2n) is 6.71. The van der Waals surface area contributed by atoms with E-state index in [1.54, 1.807) is 19.1 Å².